The van der Waals surface area contributed by atoms with Gasteiger partial charge in [-0.2, -0.15) is 0 Å². The highest BCUT2D eigenvalue weighted by molar-refractivity contribution is 5.92. The minimum atomic E-state index is -1.18. The summed E-state index contributed by atoms with van der Waals surface area (Å²) in [4.78, 5) is 61.4. The first kappa shape index (κ1) is 37.9. The number of nitrogens with one attached hydrogen (secondary N) is 2. The standard InChI is InChI=1S/C32H39N7O10/c1-5-39(17-26-35-37-29(38-36-26)23-7-6-8-24(16-23)34-27(40)19-47-14-13-46-4)32(45)49-25-11-9-22(10-12-25)18-48-28(41)15-20(2)30(42)33-21(3)31(43)44/h6-12,16,20-21H,5,13-15,17-19H2,1-4H3,(H,33,42)(H,34,40)(H,43,44). The molecule has 2 atom stereocenters. The first-order valence-electron chi connectivity index (χ1n) is 15.3. The normalized spacial score (nSPS) is 11.9. The Morgan fingerprint density at radius 3 is 2.33 bits per heavy atom. The zero-order chi connectivity index (χ0) is 35.8. The molecule has 0 spiro atoms. The number of esters is 1. The summed E-state index contributed by atoms with van der Waals surface area (Å²) in [6.45, 7) is 5.32. The van der Waals surface area contributed by atoms with Crippen LogP contribution in [0.5, 0.6) is 5.75 Å². The molecule has 0 fully saturated rings. The van der Waals surface area contributed by atoms with Gasteiger partial charge < -0.3 is 39.6 Å². The molecule has 2 unspecified atom stereocenters. The molecule has 3 amide bonds. The number of methoxy groups -OCH3 is 1. The quantitative estimate of drug-likeness (QED) is 0.129. The second-order valence-corrected chi connectivity index (χ2v) is 10.7. The van der Waals surface area contributed by atoms with Crippen LogP contribution in [0.15, 0.2) is 48.5 Å². The molecule has 3 rings (SSSR count). The van der Waals surface area contributed by atoms with E-state index in [-0.39, 0.29) is 56.0 Å². The number of ether oxygens (including phenoxy) is 4. The fourth-order valence-corrected chi connectivity index (χ4v) is 3.95. The molecule has 0 saturated carbocycles. The molecule has 1 aromatic heterocycles. The van der Waals surface area contributed by atoms with E-state index in [1.165, 1.54) is 30.9 Å². The van der Waals surface area contributed by atoms with Gasteiger partial charge in [0.1, 0.15) is 25.0 Å². The Morgan fingerprint density at radius 2 is 1.67 bits per heavy atom. The lowest BCUT2D eigenvalue weighted by Crippen LogP contribution is -2.41. The van der Waals surface area contributed by atoms with Crippen LogP contribution >= 0.6 is 0 Å². The summed E-state index contributed by atoms with van der Waals surface area (Å²) in [5.74, 6) is -2.83. The van der Waals surface area contributed by atoms with Crippen molar-refractivity contribution in [1.82, 2.24) is 30.6 Å². The lowest BCUT2D eigenvalue weighted by molar-refractivity contribution is -0.148. The molecule has 3 N–H and O–H groups in total. The van der Waals surface area contributed by atoms with Crippen LogP contribution in [0.2, 0.25) is 0 Å². The van der Waals surface area contributed by atoms with Gasteiger partial charge in [0.25, 0.3) is 0 Å². The van der Waals surface area contributed by atoms with Gasteiger partial charge in [-0.1, -0.05) is 31.2 Å². The van der Waals surface area contributed by atoms with Gasteiger partial charge in [-0.15, -0.1) is 20.4 Å². The van der Waals surface area contributed by atoms with Crippen molar-refractivity contribution in [3.8, 4) is 17.1 Å². The summed E-state index contributed by atoms with van der Waals surface area (Å²) in [6.07, 6.45) is -0.883. The predicted molar refractivity (Wildman–Crippen MR) is 172 cm³/mol. The summed E-state index contributed by atoms with van der Waals surface area (Å²) in [6, 6.07) is 12.1. The Balaban J connectivity index is 1.47. The van der Waals surface area contributed by atoms with E-state index in [0.29, 0.717) is 30.0 Å². The highest BCUT2D eigenvalue weighted by atomic mass is 16.6. The largest absolute Gasteiger partial charge is 0.480 e. The second kappa shape index (κ2) is 19.3. The third kappa shape index (κ3) is 12.9. The first-order valence-corrected chi connectivity index (χ1v) is 15.3. The summed E-state index contributed by atoms with van der Waals surface area (Å²) >= 11 is 0. The van der Waals surface area contributed by atoms with Crippen LogP contribution in [0, 0.1) is 5.92 Å². The number of amides is 3. The molecule has 3 aromatic rings. The van der Waals surface area contributed by atoms with Crippen LogP contribution in [-0.4, -0.2) is 99.8 Å². The number of rotatable bonds is 18. The van der Waals surface area contributed by atoms with Crippen LogP contribution in [0.25, 0.3) is 11.4 Å². The number of aliphatic carboxylic acids is 1. The summed E-state index contributed by atoms with van der Waals surface area (Å²) < 4.78 is 20.8. The molecule has 17 heteroatoms. The summed E-state index contributed by atoms with van der Waals surface area (Å²) in [5, 5.41) is 30.4. The molecule has 0 aliphatic carbocycles. The Morgan fingerprint density at radius 1 is 0.959 bits per heavy atom. The van der Waals surface area contributed by atoms with E-state index >= 15 is 0 Å². The highest BCUT2D eigenvalue weighted by Gasteiger charge is 2.22. The lowest BCUT2D eigenvalue weighted by Gasteiger charge is -2.19. The lowest BCUT2D eigenvalue weighted by atomic mass is 10.1. The number of carbonyl (C=O) groups excluding carboxylic acids is 4. The van der Waals surface area contributed by atoms with Crippen molar-refractivity contribution in [1.29, 1.82) is 0 Å². The first-order chi connectivity index (χ1) is 23.5. The molecular formula is C32H39N7O10. The number of benzene rings is 2. The van der Waals surface area contributed by atoms with Crippen LogP contribution < -0.4 is 15.4 Å². The van der Waals surface area contributed by atoms with Gasteiger partial charge in [0.2, 0.25) is 17.6 Å². The molecule has 0 aliphatic heterocycles. The zero-order valence-electron chi connectivity index (χ0n) is 27.6. The minimum absolute atomic E-state index is 0.0194. The Kier molecular flexibility index (Phi) is 14.9. The van der Waals surface area contributed by atoms with E-state index in [4.69, 9.17) is 24.1 Å². The average Bonchev–Trinajstić information content (AvgIpc) is 3.09. The number of carbonyl (C=O) groups is 5. The van der Waals surface area contributed by atoms with Crippen LogP contribution in [0.3, 0.4) is 0 Å². The van der Waals surface area contributed by atoms with Gasteiger partial charge in [-0.3, -0.25) is 19.2 Å². The van der Waals surface area contributed by atoms with Gasteiger partial charge in [-0.25, -0.2) is 4.79 Å². The van der Waals surface area contributed by atoms with E-state index in [1.54, 1.807) is 50.4 Å². The Labute approximate surface area is 282 Å². The van der Waals surface area contributed by atoms with Gasteiger partial charge in [0, 0.05) is 30.8 Å². The minimum Gasteiger partial charge on any atom is -0.480 e. The van der Waals surface area contributed by atoms with Gasteiger partial charge in [0.15, 0.2) is 5.82 Å². The smallest absolute Gasteiger partial charge is 0.415 e. The molecule has 0 radical (unpaired) electrons. The molecular weight excluding hydrogens is 642 g/mol. The van der Waals surface area contributed by atoms with Crippen LogP contribution in [0.4, 0.5) is 10.5 Å². The monoisotopic (exact) mass is 681 g/mol. The maximum atomic E-state index is 12.8. The molecule has 0 aliphatic rings. The SMILES string of the molecule is CCN(Cc1nnc(-c2cccc(NC(=O)COCCOC)c2)nn1)C(=O)Oc1ccc(COC(=O)CC(C)C(=O)NC(C)C(=O)O)cc1. The van der Waals surface area contributed by atoms with Gasteiger partial charge in [-0.05, 0) is 43.7 Å². The fourth-order valence-electron chi connectivity index (χ4n) is 3.95. The molecule has 0 saturated heterocycles. The third-order valence-corrected chi connectivity index (χ3v) is 6.74. The molecule has 2 aromatic carbocycles. The molecule has 262 valence electrons. The van der Waals surface area contributed by atoms with Crippen molar-refractivity contribution >= 4 is 35.5 Å². The molecule has 1 heterocycles. The van der Waals surface area contributed by atoms with Gasteiger partial charge in [0.05, 0.1) is 26.2 Å². The van der Waals surface area contributed by atoms with Gasteiger partial charge >= 0.3 is 18.0 Å². The molecule has 49 heavy (non-hydrogen) atoms. The van der Waals surface area contributed by atoms with Crippen molar-refractivity contribution in [3.63, 3.8) is 0 Å². The highest BCUT2D eigenvalue weighted by Crippen LogP contribution is 2.19. The number of hydrogen-bond acceptors (Lipinski definition) is 13. The maximum Gasteiger partial charge on any atom is 0.415 e. The molecule has 0 bridgehead atoms. The van der Waals surface area contributed by atoms with Crippen molar-refractivity contribution < 1.29 is 48.0 Å². The molecule has 17 nitrogen and oxygen atoms in total. The topological polar surface area (TPSA) is 221 Å². The number of anilines is 1. The number of carboxylic acid groups (broad SMARTS) is 1. The van der Waals surface area contributed by atoms with Crippen molar-refractivity contribution in [2.45, 2.75) is 46.4 Å². The van der Waals surface area contributed by atoms with Crippen molar-refractivity contribution in [3.05, 3.63) is 59.9 Å². The second-order valence-electron chi connectivity index (χ2n) is 10.7. The predicted octanol–water partition coefficient (Wildman–Crippen LogP) is 2.21. The van der Waals surface area contributed by atoms with Crippen LogP contribution in [0.1, 0.15) is 38.6 Å². The number of aromatic nitrogens is 4. The number of carboxylic acids is 1. The van der Waals surface area contributed by atoms with Crippen LogP contribution in [-0.2, 0) is 46.5 Å². The van der Waals surface area contributed by atoms with Crippen molar-refractivity contribution in [2.75, 3.05) is 38.8 Å². The number of hydrogen-bond donors (Lipinski definition) is 3. The van der Waals surface area contributed by atoms with E-state index in [1.807, 2.05) is 0 Å². The van der Waals surface area contributed by atoms with Crippen molar-refractivity contribution in [2.24, 2.45) is 5.92 Å². The fraction of sp³-hybridized carbons (Fsp3) is 0.406. The number of nitrogens with zero attached hydrogens (tertiary/aromatic N) is 5. The summed E-state index contributed by atoms with van der Waals surface area (Å²) in [5.41, 5.74) is 1.70. The third-order valence-electron chi connectivity index (χ3n) is 6.74. The van der Waals surface area contributed by atoms with E-state index < -0.39 is 35.9 Å². The maximum absolute atomic E-state index is 12.8. The Bertz CT molecular complexity index is 1570. The van der Waals surface area contributed by atoms with E-state index in [0.717, 1.165) is 0 Å². The van der Waals surface area contributed by atoms with E-state index in [9.17, 15) is 24.0 Å². The Hall–Kier alpha value is -5.55. The average molecular weight is 682 g/mol. The van der Waals surface area contributed by atoms with E-state index in [2.05, 4.69) is 31.0 Å². The summed E-state index contributed by atoms with van der Waals surface area (Å²) in [7, 11) is 1.54. The zero-order valence-corrected chi connectivity index (χ0v) is 27.6.